The molecule has 0 atom stereocenters. The third-order valence-corrected chi connectivity index (χ3v) is 2.31. The molecule has 4 heteroatoms. The Hall–Kier alpha value is -0.760. The highest BCUT2D eigenvalue weighted by atomic mass is 16.5. The lowest BCUT2D eigenvalue weighted by molar-refractivity contribution is -0.0576. The highest BCUT2D eigenvalue weighted by molar-refractivity contribution is 5.12. The van der Waals surface area contributed by atoms with Crippen LogP contribution in [0.3, 0.4) is 0 Å². The summed E-state index contributed by atoms with van der Waals surface area (Å²) < 4.78 is 5.10. The van der Waals surface area contributed by atoms with Crippen LogP contribution in [0.2, 0.25) is 0 Å². The van der Waals surface area contributed by atoms with E-state index in [9.17, 15) is 0 Å². The van der Waals surface area contributed by atoms with Gasteiger partial charge in [-0.15, -0.1) is 0 Å². The molecular weight excluding hydrogens is 190 g/mol. The molecule has 4 nitrogen and oxygen atoms in total. The number of hydrogen-bond donors (Lipinski definition) is 0. The summed E-state index contributed by atoms with van der Waals surface area (Å²) in [6, 6.07) is 0. The van der Waals surface area contributed by atoms with Gasteiger partial charge in [-0.3, -0.25) is 14.7 Å². The maximum absolute atomic E-state index is 5.10. The van der Waals surface area contributed by atoms with Crippen molar-refractivity contribution < 1.29 is 4.74 Å². The molecule has 0 rings (SSSR count). The van der Waals surface area contributed by atoms with Crippen LogP contribution in [-0.2, 0) is 4.74 Å². The lowest BCUT2D eigenvalue weighted by Gasteiger charge is -2.45. The van der Waals surface area contributed by atoms with Gasteiger partial charge in [0, 0.05) is 0 Å². The number of ether oxygens (including phenoxy) is 1. The summed E-state index contributed by atoms with van der Waals surface area (Å²) in [6.07, 6.45) is 2.74. The Morgan fingerprint density at radius 1 is 0.933 bits per heavy atom. The summed E-state index contributed by atoms with van der Waals surface area (Å²) in [5.74, 6) is 2.70. The van der Waals surface area contributed by atoms with Gasteiger partial charge in [0.25, 0.3) is 0 Å². The summed E-state index contributed by atoms with van der Waals surface area (Å²) >= 11 is 0. The molecule has 0 bridgehead atoms. The Labute approximate surface area is 93.8 Å². The van der Waals surface area contributed by atoms with E-state index < -0.39 is 5.79 Å². The molecule has 0 saturated heterocycles. The zero-order valence-electron chi connectivity index (χ0n) is 11.0. The molecule has 0 spiro atoms. The van der Waals surface area contributed by atoms with E-state index in [1.54, 1.807) is 0 Å². The molecule has 0 N–H and O–H groups in total. The van der Waals surface area contributed by atoms with Gasteiger partial charge in [-0.05, 0) is 55.1 Å². The fourth-order valence-corrected chi connectivity index (χ4v) is 1.71. The third-order valence-electron chi connectivity index (χ3n) is 2.31. The largest absolute Gasteiger partial charge is 0.447 e. The van der Waals surface area contributed by atoms with Crippen LogP contribution in [0, 0.1) is 12.0 Å². The van der Waals surface area contributed by atoms with Gasteiger partial charge in [-0.1, -0.05) is 0 Å². The molecule has 0 unspecified atom stereocenters. The molecule has 88 valence electrons. The second-order valence-electron chi connectivity index (χ2n) is 3.98. The topological polar surface area (TPSA) is 19.0 Å². The summed E-state index contributed by atoms with van der Waals surface area (Å²) in [4.78, 5) is 6.16. The molecule has 0 aliphatic carbocycles. The Balaban J connectivity index is 5.08. The van der Waals surface area contributed by atoms with Gasteiger partial charge in [0.2, 0.25) is 0 Å². The van der Waals surface area contributed by atoms with Crippen molar-refractivity contribution in [3.63, 3.8) is 0 Å². The molecule has 0 aromatic rings. The minimum atomic E-state index is -0.435. The van der Waals surface area contributed by atoms with E-state index in [0.29, 0.717) is 6.61 Å². The summed E-state index contributed by atoms with van der Waals surface area (Å²) in [7, 11) is 12.0. The first-order valence-electron chi connectivity index (χ1n) is 5.05. The molecule has 0 radical (unpaired) electrons. The average Bonchev–Trinajstić information content (AvgIpc) is 2.10. The van der Waals surface area contributed by atoms with Crippen molar-refractivity contribution in [3.8, 4) is 12.0 Å². The highest BCUT2D eigenvalue weighted by Gasteiger charge is 2.36. The SMILES string of the molecule is CCOC#CC(N(C)C)(N(C)C)N(C)C. The quantitative estimate of drug-likeness (QED) is 0.494. The molecule has 15 heavy (non-hydrogen) atoms. The maximum Gasteiger partial charge on any atom is 0.198 e. The second kappa shape index (κ2) is 5.96. The first-order chi connectivity index (χ1) is 6.89. The Kier molecular flexibility index (Phi) is 5.66. The molecule has 0 heterocycles. The van der Waals surface area contributed by atoms with Crippen LogP contribution in [0.15, 0.2) is 0 Å². The van der Waals surface area contributed by atoms with Crippen LogP contribution in [0.5, 0.6) is 0 Å². The van der Waals surface area contributed by atoms with Gasteiger partial charge >= 0.3 is 0 Å². The Morgan fingerprint density at radius 2 is 1.33 bits per heavy atom. The van der Waals surface area contributed by atoms with E-state index in [1.165, 1.54) is 0 Å². The van der Waals surface area contributed by atoms with Gasteiger partial charge in [0.15, 0.2) is 5.79 Å². The number of nitrogens with zero attached hydrogens (tertiary/aromatic N) is 3. The van der Waals surface area contributed by atoms with Crippen molar-refractivity contribution in [1.82, 2.24) is 14.7 Å². The van der Waals surface area contributed by atoms with Crippen molar-refractivity contribution in [1.29, 1.82) is 0 Å². The molecule has 0 amide bonds. The van der Waals surface area contributed by atoms with Crippen LogP contribution in [0.4, 0.5) is 0 Å². The second-order valence-corrected chi connectivity index (χ2v) is 3.98. The monoisotopic (exact) mass is 213 g/mol. The summed E-state index contributed by atoms with van der Waals surface area (Å²) in [5.41, 5.74) is 0. The van der Waals surface area contributed by atoms with Crippen molar-refractivity contribution in [2.75, 3.05) is 48.9 Å². The minimum absolute atomic E-state index is 0.435. The molecule has 0 aliphatic heterocycles. The molecule has 0 fully saturated rings. The molecule has 0 aromatic heterocycles. The van der Waals surface area contributed by atoms with Crippen molar-refractivity contribution in [2.24, 2.45) is 0 Å². The van der Waals surface area contributed by atoms with Gasteiger partial charge < -0.3 is 4.74 Å². The molecule has 0 aromatic carbocycles. The van der Waals surface area contributed by atoms with E-state index in [0.717, 1.165) is 0 Å². The van der Waals surface area contributed by atoms with E-state index in [1.807, 2.05) is 49.2 Å². The van der Waals surface area contributed by atoms with Crippen molar-refractivity contribution in [3.05, 3.63) is 0 Å². The minimum Gasteiger partial charge on any atom is -0.447 e. The van der Waals surface area contributed by atoms with Gasteiger partial charge in [-0.2, -0.15) is 0 Å². The summed E-state index contributed by atoms with van der Waals surface area (Å²) in [5, 5.41) is 0. The first kappa shape index (κ1) is 14.2. The fraction of sp³-hybridized carbons (Fsp3) is 0.818. The van der Waals surface area contributed by atoms with Crippen LogP contribution in [-0.4, -0.2) is 69.4 Å². The summed E-state index contributed by atoms with van der Waals surface area (Å²) in [6.45, 7) is 2.54. The lowest BCUT2D eigenvalue weighted by Crippen LogP contribution is -2.63. The molecular formula is C11H23N3O. The predicted molar refractivity (Wildman–Crippen MR) is 63.2 cm³/mol. The lowest BCUT2D eigenvalue weighted by atomic mass is 10.2. The fourth-order valence-electron chi connectivity index (χ4n) is 1.71. The van der Waals surface area contributed by atoms with Gasteiger partial charge in [0.1, 0.15) is 6.11 Å². The normalized spacial score (nSPS) is 11.9. The average molecular weight is 213 g/mol. The van der Waals surface area contributed by atoms with E-state index in [4.69, 9.17) is 4.74 Å². The Morgan fingerprint density at radius 3 is 1.60 bits per heavy atom. The molecule has 0 saturated carbocycles. The highest BCUT2D eigenvalue weighted by Crippen LogP contribution is 2.16. The van der Waals surface area contributed by atoms with E-state index in [2.05, 4.69) is 26.7 Å². The van der Waals surface area contributed by atoms with Crippen LogP contribution in [0.1, 0.15) is 6.92 Å². The van der Waals surface area contributed by atoms with Crippen molar-refractivity contribution in [2.45, 2.75) is 12.7 Å². The number of rotatable bonds is 4. The maximum atomic E-state index is 5.10. The van der Waals surface area contributed by atoms with Crippen LogP contribution < -0.4 is 0 Å². The van der Waals surface area contributed by atoms with E-state index in [-0.39, 0.29) is 0 Å². The Bertz CT molecular complexity index is 216. The van der Waals surface area contributed by atoms with Crippen LogP contribution in [0.25, 0.3) is 0 Å². The van der Waals surface area contributed by atoms with Gasteiger partial charge in [0.05, 0.1) is 6.61 Å². The number of hydrogen-bond acceptors (Lipinski definition) is 4. The van der Waals surface area contributed by atoms with Gasteiger partial charge in [-0.25, -0.2) is 0 Å². The van der Waals surface area contributed by atoms with E-state index >= 15 is 0 Å². The van der Waals surface area contributed by atoms with Crippen molar-refractivity contribution >= 4 is 0 Å². The molecule has 0 aliphatic rings. The third kappa shape index (κ3) is 3.10. The van der Waals surface area contributed by atoms with Crippen LogP contribution >= 0.6 is 0 Å². The first-order valence-corrected chi connectivity index (χ1v) is 5.05. The predicted octanol–water partition coefficient (Wildman–Crippen LogP) is 0.322. The smallest absolute Gasteiger partial charge is 0.198 e. The standard InChI is InChI=1S/C11H23N3O/c1-8-15-10-9-11(12(2)3,13(4)5)14(6)7/h8H2,1-7H3. The zero-order chi connectivity index (χ0) is 12.1. The zero-order valence-corrected chi connectivity index (χ0v) is 11.0.